The third kappa shape index (κ3) is 4.35. The maximum atomic E-state index is 9.69. The second-order valence-corrected chi connectivity index (χ2v) is 4.64. The normalized spacial score (nSPS) is 27.9. The van der Waals surface area contributed by atoms with Crippen molar-refractivity contribution >= 4 is 0 Å². The van der Waals surface area contributed by atoms with E-state index in [1.807, 2.05) is 6.08 Å². The lowest BCUT2D eigenvalue weighted by Crippen LogP contribution is -2.35. The van der Waals surface area contributed by atoms with Gasteiger partial charge in [0, 0.05) is 12.6 Å². The molecule has 0 aliphatic heterocycles. The average molecular weight is 211 g/mol. The van der Waals surface area contributed by atoms with Crippen molar-refractivity contribution in [3.8, 4) is 0 Å². The van der Waals surface area contributed by atoms with Gasteiger partial charge in [-0.1, -0.05) is 19.4 Å². The summed E-state index contributed by atoms with van der Waals surface area (Å²) < 4.78 is 0. The van der Waals surface area contributed by atoms with Crippen molar-refractivity contribution in [2.24, 2.45) is 5.92 Å². The summed E-state index contributed by atoms with van der Waals surface area (Å²) in [5.41, 5.74) is 0. The van der Waals surface area contributed by atoms with E-state index < -0.39 is 0 Å². The lowest BCUT2D eigenvalue weighted by Gasteiger charge is -2.21. The number of allylic oxidation sites excluding steroid dienone is 1. The molecule has 0 aromatic rings. The zero-order chi connectivity index (χ0) is 11.1. The third-order valence-electron chi connectivity index (χ3n) is 3.50. The van der Waals surface area contributed by atoms with Crippen LogP contribution in [0.2, 0.25) is 0 Å². The molecule has 0 aromatic heterocycles. The van der Waals surface area contributed by atoms with E-state index in [0.29, 0.717) is 12.0 Å². The van der Waals surface area contributed by atoms with Gasteiger partial charge in [-0.25, -0.2) is 0 Å². The van der Waals surface area contributed by atoms with Crippen LogP contribution in [-0.4, -0.2) is 23.8 Å². The van der Waals surface area contributed by atoms with Crippen LogP contribution in [-0.2, 0) is 0 Å². The summed E-state index contributed by atoms with van der Waals surface area (Å²) in [5.74, 6) is 0.489. The first kappa shape index (κ1) is 12.7. The fraction of sp³-hybridized carbons (Fsp3) is 0.846. The van der Waals surface area contributed by atoms with Gasteiger partial charge in [-0.3, -0.25) is 0 Å². The summed E-state index contributed by atoms with van der Waals surface area (Å²) in [6.45, 7) is 6.95. The topological polar surface area (TPSA) is 32.3 Å². The summed E-state index contributed by atoms with van der Waals surface area (Å²) in [5, 5.41) is 13.3. The van der Waals surface area contributed by atoms with Crippen molar-refractivity contribution in [1.29, 1.82) is 0 Å². The van der Waals surface area contributed by atoms with Crippen molar-refractivity contribution in [3.05, 3.63) is 12.7 Å². The Labute approximate surface area is 93.8 Å². The van der Waals surface area contributed by atoms with E-state index in [2.05, 4.69) is 18.8 Å². The van der Waals surface area contributed by atoms with E-state index in [1.165, 1.54) is 19.3 Å². The number of nitrogens with one attached hydrogen (secondary N) is 1. The fourth-order valence-corrected chi connectivity index (χ4v) is 2.34. The highest BCUT2D eigenvalue weighted by Crippen LogP contribution is 2.24. The van der Waals surface area contributed by atoms with Crippen LogP contribution in [0.25, 0.3) is 0 Å². The van der Waals surface area contributed by atoms with Gasteiger partial charge < -0.3 is 10.4 Å². The van der Waals surface area contributed by atoms with E-state index >= 15 is 0 Å². The number of aliphatic hydroxyl groups excluding tert-OH is 1. The molecule has 0 amide bonds. The van der Waals surface area contributed by atoms with Crippen LogP contribution in [0.15, 0.2) is 12.7 Å². The van der Waals surface area contributed by atoms with Crippen LogP contribution in [0.4, 0.5) is 0 Å². The maximum Gasteiger partial charge on any atom is 0.0580 e. The Kier molecular flexibility index (Phi) is 5.96. The molecule has 0 saturated heterocycles. The van der Waals surface area contributed by atoms with Crippen molar-refractivity contribution in [1.82, 2.24) is 5.32 Å². The Morgan fingerprint density at radius 3 is 2.87 bits per heavy atom. The first-order valence-electron chi connectivity index (χ1n) is 6.30. The Hall–Kier alpha value is -0.340. The zero-order valence-electron chi connectivity index (χ0n) is 9.91. The molecule has 0 spiro atoms. The first-order chi connectivity index (χ1) is 7.27. The van der Waals surface area contributed by atoms with Crippen LogP contribution in [0.5, 0.6) is 0 Å². The molecule has 2 N–H and O–H groups in total. The van der Waals surface area contributed by atoms with Crippen molar-refractivity contribution in [3.63, 3.8) is 0 Å². The largest absolute Gasteiger partial charge is 0.393 e. The molecule has 0 bridgehead atoms. The first-order valence-corrected chi connectivity index (χ1v) is 6.30. The molecule has 1 rings (SSSR count). The van der Waals surface area contributed by atoms with Crippen molar-refractivity contribution in [2.45, 2.75) is 57.6 Å². The summed E-state index contributed by atoms with van der Waals surface area (Å²) in [4.78, 5) is 0. The molecular weight excluding hydrogens is 186 g/mol. The van der Waals surface area contributed by atoms with Gasteiger partial charge in [0.25, 0.3) is 0 Å². The molecule has 15 heavy (non-hydrogen) atoms. The molecule has 1 aliphatic carbocycles. The second-order valence-electron chi connectivity index (χ2n) is 4.64. The summed E-state index contributed by atoms with van der Waals surface area (Å²) >= 11 is 0. The minimum absolute atomic E-state index is 0.0607. The molecule has 1 fully saturated rings. The minimum atomic E-state index is -0.0607. The molecule has 0 aromatic carbocycles. The molecule has 0 unspecified atom stereocenters. The van der Waals surface area contributed by atoms with Crippen molar-refractivity contribution < 1.29 is 5.11 Å². The molecule has 88 valence electrons. The van der Waals surface area contributed by atoms with Crippen LogP contribution in [0, 0.1) is 5.92 Å². The lowest BCUT2D eigenvalue weighted by atomic mass is 10.0. The fourth-order valence-electron chi connectivity index (χ4n) is 2.34. The zero-order valence-corrected chi connectivity index (χ0v) is 9.91. The number of rotatable bonds is 7. The predicted molar refractivity (Wildman–Crippen MR) is 64.9 cm³/mol. The quantitative estimate of drug-likeness (QED) is 0.634. The highest BCUT2D eigenvalue weighted by atomic mass is 16.3. The van der Waals surface area contributed by atoms with Gasteiger partial charge in [0.2, 0.25) is 0 Å². The molecule has 2 heteroatoms. The molecule has 2 nitrogen and oxygen atoms in total. The van der Waals surface area contributed by atoms with E-state index in [0.717, 1.165) is 25.8 Å². The molecule has 3 atom stereocenters. The van der Waals surface area contributed by atoms with Gasteiger partial charge in [-0.2, -0.15) is 0 Å². The Morgan fingerprint density at radius 1 is 1.53 bits per heavy atom. The molecule has 1 saturated carbocycles. The third-order valence-corrected chi connectivity index (χ3v) is 3.50. The van der Waals surface area contributed by atoms with Gasteiger partial charge >= 0.3 is 0 Å². The highest BCUT2D eigenvalue weighted by molar-refractivity contribution is 4.80. The standard InChI is InChI=1S/C13H25NO/c1-3-5-8-12(4-2)14-10-11-7-6-9-13(11)15/h3,11-15H,1,4-10H2,2H3/t11-,12-,13+/m1/s1. The number of aliphatic hydroxyl groups is 1. The highest BCUT2D eigenvalue weighted by Gasteiger charge is 2.25. The van der Waals surface area contributed by atoms with Gasteiger partial charge in [0.05, 0.1) is 6.10 Å². The van der Waals surface area contributed by atoms with Gasteiger partial charge in [0.15, 0.2) is 0 Å². The summed E-state index contributed by atoms with van der Waals surface area (Å²) in [6.07, 6.45) is 8.71. The van der Waals surface area contributed by atoms with Crippen LogP contribution < -0.4 is 5.32 Å². The van der Waals surface area contributed by atoms with Gasteiger partial charge in [0.1, 0.15) is 0 Å². The van der Waals surface area contributed by atoms with E-state index in [1.54, 1.807) is 0 Å². The van der Waals surface area contributed by atoms with E-state index in [9.17, 15) is 5.11 Å². The minimum Gasteiger partial charge on any atom is -0.393 e. The van der Waals surface area contributed by atoms with Crippen LogP contribution in [0.1, 0.15) is 45.4 Å². The van der Waals surface area contributed by atoms with Crippen molar-refractivity contribution in [2.75, 3.05) is 6.54 Å². The van der Waals surface area contributed by atoms with E-state index in [-0.39, 0.29) is 6.10 Å². The molecule has 0 heterocycles. The summed E-state index contributed by atoms with van der Waals surface area (Å²) in [7, 11) is 0. The van der Waals surface area contributed by atoms with Gasteiger partial charge in [-0.15, -0.1) is 6.58 Å². The average Bonchev–Trinajstić information content (AvgIpc) is 2.65. The molecule has 0 radical (unpaired) electrons. The Morgan fingerprint density at radius 2 is 2.33 bits per heavy atom. The Balaban J connectivity index is 2.18. The van der Waals surface area contributed by atoms with Gasteiger partial charge in [-0.05, 0) is 38.0 Å². The van der Waals surface area contributed by atoms with E-state index in [4.69, 9.17) is 0 Å². The maximum absolute atomic E-state index is 9.69. The Bertz CT molecular complexity index is 181. The SMILES string of the molecule is C=CCC[C@@H](CC)NC[C@H]1CCC[C@@H]1O. The lowest BCUT2D eigenvalue weighted by molar-refractivity contribution is 0.129. The number of hydrogen-bond acceptors (Lipinski definition) is 2. The summed E-state index contributed by atoms with van der Waals surface area (Å²) in [6, 6.07) is 0.593. The number of hydrogen-bond donors (Lipinski definition) is 2. The molecular formula is C13H25NO. The van der Waals surface area contributed by atoms with Crippen LogP contribution in [0.3, 0.4) is 0 Å². The molecule has 1 aliphatic rings. The monoisotopic (exact) mass is 211 g/mol. The smallest absolute Gasteiger partial charge is 0.0580 e. The second kappa shape index (κ2) is 7.02. The van der Waals surface area contributed by atoms with Crippen LogP contribution >= 0.6 is 0 Å². The predicted octanol–water partition coefficient (Wildman–Crippen LogP) is 2.48.